The minimum absolute atomic E-state index is 0.135. The van der Waals surface area contributed by atoms with Crippen LogP contribution in [0.15, 0.2) is 30.3 Å². The SMILES string of the molecule is CC(C)Oc1cccc(-c2cc(Cl)n[nH]c2=S)c1. The number of hydrogen-bond acceptors (Lipinski definition) is 3. The summed E-state index contributed by atoms with van der Waals surface area (Å²) in [6.45, 7) is 3.98. The molecule has 5 heteroatoms. The van der Waals surface area contributed by atoms with Crippen LogP contribution in [0.3, 0.4) is 0 Å². The molecule has 0 amide bonds. The Morgan fingerprint density at radius 3 is 2.83 bits per heavy atom. The summed E-state index contributed by atoms with van der Waals surface area (Å²) in [5.74, 6) is 0.810. The van der Waals surface area contributed by atoms with Crippen LogP contribution in [0.1, 0.15) is 13.8 Å². The van der Waals surface area contributed by atoms with Crippen LogP contribution in [0.25, 0.3) is 11.1 Å². The van der Waals surface area contributed by atoms with Gasteiger partial charge in [-0.2, -0.15) is 5.10 Å². The quantitative estimate of drug-likeness (QED) is 0.854. The summed E-state index contributed by atoms with van der Waals surface area (Å²) in [5.41, 5.74) is 1.80. The minimum Gasteiger partial charge on any atom is -0.491 e. The number of aromatic amines is 1. The van der Waals surface area contributed by atoms with Crippen molar-refractivity contribution in [2.24, 2.45) is 0 Å². The number of benzene rings is 1. The number of ether oxygens (including phenoxy) is 1. The predicted octanol–water partition coefficient (Wildman–Crippen LogP) is 4.25. The average molecular weight is 281 g/mol. The van der Waals surface area contributed by atoms with Gasteiger partial charge in [-0.15, -0.1) is 0 Å². The molecule has 0 unspecified atom stereocenters. The summed E-state index contributed by atoms with van der Waals surface area (Å²) in [6.07, 6.45) is 0.135. The summed E-state index contributed by atoms with van der Waals surface area (Å²) in [5, 5.41) is 6.94. The maximum atomic E-state index is 5.87. The highest BCUT2D eigenvalue weighted by molar-refractivity contribution is 7.71. The van der Waals surface area contributed by atoms with Gasteiger partial charge in [0, 0.05) is 5.56 Å². The molecule has 0 saturated heterocycles. The van der Waals surface area contributed by atoms with Gasteiger partial charge in [-0.05, 0) is 37.6 Å². The van der Waals surface area contributed by atoms with Crippen LogP contribution in [-0.2, 0) is 0 Å². The first kappa shape index (κ1) is 13.1. The lowest BCUT2D eigenvalue weighted by Crippen LogP contribution is -2.05. The minimum atomic E-state index is 0.135. The summed E-state index contributed by atoms with van der Waals surface area (Å²) < 4.78 is 6.21. The molecule has 1 aromatic heterocycles. The van der Waals surface area contributed by atoms with Crippen molar-refractivity contribution in [3.8, 4) is 16.9 Å². The van der Waals surface area contributed by atoms with E-state index < -0.39 is 0 Å². The number of hydrogen-bond donors (Lipinski definition) is 1. The van der Waals surface area contributed by atoms with Crippen LogP contribution in [0.2, 0.25) is 5.15 Å². The molecule has 0 radical (unpaired) electrons. The number of nitrogens with zero attached hydrogens (tertiary/aromatic N) is 1. The van der Waals surface area contributed by atoms with Crippen molar-refractivity contribution in [2.75, 3.05) is 0 Å². The van der Waals surface area contributed by atoms with Gasteiger partial charge in [0.2, 0.25) is 0 Å². The molecule has 2 rings (SSSR count). The second-order valence-corrected chi connectivity index (χ2v) is 4.92. The van der Waals surface area contributed by atoms with E-state index in [1.165, 1.54) is 0 Å². The molecular weight excluding hydrogens is 268 g/mol. The molecule has 0 bridgehead atoms. The van der Waals surface area contributed by atoms with Gasteiger partial charge in [-0.1, -0.05) is 36.0 Å². The highest BCUT2D eigenvalue weighted by atomic mass is 35.5. The lowest BCUT2D eigenvalue weighted by atomic mass is 10.1. The van der Waals surface area contributed by atoms with Crippen LogP contribution in [-0.4, -0.2) is 16.3 Å². The average Bonchev–Trinajstić information content (AvgIpc) is 2.32. The summed E-state index contributed by atoms with van der Waals surface area (Å²) in [6, 6.07) is 9.49. The Hall–Kier alpha value is -1.39. The van der Waals surface area contributed by atoms with Crippen molar-refractivity contribution >= 4 is 23.8 Å². The molecule has 2 aromatic rings. The third-order valence-corrected chi connectivity index (χ3v) is 2.79. The Balaban J connectivity index is 2.44. The fraction of sp³-hybridized carbons (Fsp3) is 0.231. The molecule has 0 atom stereocenters. The smallest absolute Gasteiger partial charge is 0.150 e. The van der Waals surface area contributed by atoms with E-state index in [1.54, 1.807) is 6.07 Å². The lowest BCUT2D eigenvalue weighted by Gasteiger charge is -2.11. The first-order valence-electron chi connectivity index (χ1n) is 5.58. The molecule has 3 nitrogen and oxygen atoms in total. The highest BCUT2D eigenvalue weighted by Gasteiger charge is 2.05. The number of aromatic nitrogens is 2. The van der Waals surface area contributed by atoms with E-state index in [9.17, 15) is 0 Å². The second kappa shape index (κ2) is 5.50. The highest BCUT2D eigenvalue weighted by Crippen LogP contribution is 2.26. The van der Waals surface area contributed by atoms with Gasteiger partial charge >= 0.3 is 0 Å². The zero-order valence-corrected chi connectivity index (χ0v) is 11.7. The van der Waals surface area contributed by atoms with Crippen molar-refractivity contribution in [3.05, 3.63) is 40.1 Å². The van der Waals surface area contributed by atoms with E-state index >= 15 is 0 Å². The molecule has 1 aromatic carbocycles. The Labute approximate surface area is 116 Å². The molecule has 94 valence electrons. The van der Waals surface area contributed by atoms with Gasteiger partial charge in [0.05, 0.1) is 6.10 Å². The maximum Gasteiger partial charge on any atom is 0.150 e. The van der Waals surface area contributed by atoms with E-state index in [1.807, 2.05) is 38.1 Å². The van der Waals surface area contributed by atoms with Gasteiger partial charge in [0.15, 0.2) is 0 Å². The Morgan fingerprint density at radius 1 is 1.33 bits per heavy atom. The zero-order valence-electron chi connectivity index (χ0n) is 10.1. The zero-order chi connectivity index (χ0) is 13.1. The third kappa shape index (κ3) is 3.09. The van der Waals surface area contributed by atoms with Crippen LogP contribution in [0.5, 0.6) is 5.75 Å². The normalized spacial score (nSPS) is 10.7. The summed E-state index contributed by atoms with van der Waals surface area (Å²) >= 11 is 11.1. The molecule has 0 fully saturated rings. The van der Waals surface area contributed by atoms with Gasteiger partial charge in [0.25, 0.3) is 0 Å². The van der Waals surface area contributed by atoms with Gasteiger partial charge < -0.3 is 4.74 Å². The maximum absolute atomic E-state index is 5.87. The van der Waals surface area contributed by atoms with Gasteiger partial charge in [-0.3, -0.25) is 5.10 Å². The third-order valence-electron chi connectivity index (χ3n) is 2.29. The molecule has 0 spiro atoms. The van der Waals surface area contributed by atoms with Crippen molar-refractivity contribution in [1.82, 2.24) is 10.2 Å². The van der Waals surface area contributed by atoms with E-state index in [4.69, 9.17) is 28.6 Å². The molecular formula is C13H13ClN2OS. The van der Waals surface area contributed by atoms with Crippen molar-refractivity contribution in [3.63, 3.8) is 0 Å². The van der Waals surface area contributed by atoms with Crippen LogP contribution in [0, 0.1) is 4.64 Å². The first-order valence-corrected chi connectivity index (χ1v) is 6.37. The largest absolute Gasteiger partial charge is 0.491 e. The monoisotopic (exact) mass is 280 g/mol. The van der Waals surface area contributed by atoms with E-state index in [2.05, 4.69) is 10.2 Å². The van der Waals surface area contributed by atoms with Gasteiger partial charge in [0.1, 0.15) is 15.5 Å². The molecule has 0 saturated carbocycles. The topological polar surface area (TPSA) is 37.9 Å². The lowest BCUT2D eigenvalue weighted by molar-refractivity contribution is 0.242. The molecule has 18 heavy (non-hydrogen) atoms. The first-order chi connectivity index (χ1) is 8.56. The number of nitrogens with one attached hydrogen (secondary N) is 1. The molecule has 1 N–H and O–H groups in total. The van der Waals surface area contributed by atoms with Crippen molar-refractivity contribution < 1.29 is 4.74 Å². The number of halogens is 1. The Kier molecular flexibility index (Phi) is 3.99. The Bertz CT molecular complexity index is 610. The summed E-state index contributed by atoms with van der Waals surface area (Å²) in [4.78, 5) is 0. The van der Waals surface area contributed by atoms with Crippen LogP contribution < -0.4 is 4.74 Å². The fourth-order valence-corrected chi connectivity index (χ4v) is 1.98. The van der Waals surface area contributed by atoms with Crippen LogP contribution >= 0.6 is 23.8 Å². The Morgan fingerprint density at radius 2 is 2.11 bits per heavy atom. The molecule has 0 aliphatic rings. The van der Waals surface area contributed by atoms with Gasteiger partial charge in [-0.25, -0.2) is 0 Å². The standard InChI is InChI=1S/C13H13ClN2OS/c1-8(2)17-10-5-3-4-9(6-10)11-7-12(14)15-16-13(11)18/h3-8H,1-2H3,(H,16,18). The van der Waals surface area contributed by atoms with Crippen molar-refractivity contribution in [2.45, 2.75) is 20.0 Å². The number of rotatable bonds is 3. The molecule has 1 heterocycles. The second-order valence-electron chi connectivity index (χ2n) is 4.13. The summed E-state index contributed by atoms with van der Waals surface area (Å²) in [7, 11) is 0. The van der Waals surface area contributed by atoms with Crippen molar-refractivity contribution in [1.29, 1.82) is 0 Å². The van der Waals surface area contributed by atoms with E-state index in [-0.39, 0.29) is 6.10 Å². The predicted molar refractivity (Wildman–Crippen MR) is 75.6 cm³/mol. The molecule has 0 aliphatic heterocycles. The number of H-pyrrole nitrogens is 1. The van der Waals surface area contributed by atoms with E-state index in [0.717, 1.165) is 16.9 Å². The van der Waals surface area contributed by atoms with Crippen LogP contribution in [0.4, 0.5) is 0 Å². The molecule has 0 aliphatic carbocycles. The van der Waals surface area contributed by atoms with E-state index in [0.29, 0.717) is 9.79 Å². The fourth-order valence-electron chi connectivity index (χ4n) is 1.60.